The molecule has 0 aromatic heterocycles. The van der Waals surface area contributed by atoms with Gasteiger partial charge in [-0.3, -0.25) is 9.59 Å². The fraction of sp³-hybridized carbons (Fsp3) is 0.333. The highest BCUT2D eigenvalue weighted by Crippen LogP contribution is 2.22. The van der Waals surface area contributed by atoms with Crippen LogP contribution in [0.2, 0.25) is 5.02 Å². The molecule has 4 nitrogen and oxygen atoms in total. The van der Waals surface area contributed by atoms with Crippen molar-refractivity contribution in [2.75, 3.05) is 5.32 Å². The zero-order valence-electron chi connectivity index (χ0n) is 14.8. The smallest absolute Gasteiger partial charge is 0.257 e. The Morgan fingerprint density at radius 2 is 1.69 bits per heavy atom. The second-order valence-corrected chi connectivity index (χ2v) is 7.20. The van der Waals surface area contributed by atoms with Crippen LogP contribution in [0.15, 0.2) is 42.5 Å². The number of halogens is 1. The molecule has 0 bridgehead atoms. The van der Waals surface area contributed by atoms with Gasteiger partial charge in [-0.2, -0.15) is 0 Å². The molecule has 0 radical (unpaired) electrons. The van der Waals surface area contributed by atoms with Crippen LogP contribution in [-0.4, -0.2) is 17.9 Å². The second kappa shape index (κ2) is 8.37. The highest BCUT2D eigenvalue weighted by atomic mass is 35.5. The summed E-state index contributed by atoms with van der Waals surface area (Å²) in [5, 5.41) is 6.31. The lowest BCUT2D eigenvalue weighted by Gasteiger charge is -2.23. The minimum Gasteiger partial charge on any atom is -0.349 e. The fourth-order valence-electron chi connectivity index (χ4n) is 3.29. The Kier molecular flexibility index (Phi) is 5.94. The average molecular weight is 371 g/mol. The predicted octanol–water partition coefficient (Wildman–Crippen LogP) is 4.96. The lowest BCUT2D eigenvalue weighted by Crippen LogP contribution is -2.36. The third-order valence-electron chi connectivity index (χ3n) is 4.73. The maximum absolute atomic E-state index is 12.7. The number of carbonyl (C=O) groups is 2. The van der Waals surface area contributed by atoms with E-state index in [0.717, 1.165) is 31.2 Å². The molecule has 3 rings (SSSR count). The molecule has 1 aliphatic rings. The van der Waals surface area contributed by atoms with Crippen molar-refractivity contribution in [3.8, 4) is 0 Å². The zero-order chi connectivity index (χ0) is 18.5. The molecular weight excluding hydrogens is 348 g/mol. The minimum atomic E-state index is -0.326. The van der Waals surface area contributed by atoms with Gasteiger partial charge in [-0.15, -0.1) is 0 Å². The topological polar surface area (TPSA) is 58.2 Å². The van der Waals surface area contributed by atoms with Crippen LogP contribution in [0.3, 0.4) is 0 Å². The van der Waals surface area contributed by atoms with Gasteiger partial charge in [0.25, 0.3) is 11.8 Å². The average Bonchev–Trinajstić information content (AvgIpc) is 2.62. The lowest BCUT2D eigenvalue weighted by molar-refractivity contribution is 0.0928. The van der Waals surface area contributed by atoms with Crippen LogP contribution >= 0.6 is 11.6 Å². The number of amides is 2. The summed E-state index contributed by atoms with van der Waals surface area (Å²) in [6.45, 7) is 1.92. The summed E-state index contributed by atoms with van der Waals surface area (Å²) < 4.78 is 0. The monoisotopic (exact) mass is 370 g/mol. The molecule has 2 aromatic carbocycles. The third kappa shape index (κ3) is 4.44. The van der Waals surface area contributed by atoms with Crippen molar-refractivity contribution in [2.45, 2.75) is 45.1 Å². The van der Waals surface area contributed by atoms with Gasteiger partial charge in [0, 0.05) is 6.04 Å². The van der Waals surface area contributed by atoms with Gasteiger partial charge in [0.1, 0.15) is 0 Å². The van der Waals surface area contributed by atoms with Gasteiger partial charge in [-0.25, -0.2) is 0 Å². The minimum absolute atomic E-state index is 0.150. The van der Waals surface area contributed by atoms with E-state index in [-0.39, 0.29) is 17.9 Å². The van der Waals surface area contributed by atoms with Crippen molar-refractivity contribution in [3.63, 3.8) is 0 Å². The van der Waals surface area contributed by atoms with Gasteiger partial charge in [0.15, 0.2) is 0 Å². The summed E-state index contributed by atoms with van der Waals surface area (Å²) >= 11 is 6.18. The summed E-state index contributed by atoms with van der Waals surface area (Å²) in [7, 11) is 0. The van der Waals surface area contributed by atoms with Crippen molar-refractivity contribution in [1.29, 1.82) is 0 Å². The number of aryl methyl sites for hydroxylation is 1. The van der Waals surface area contributed by atoms with E-state index in [1.165, 1.54) is 6.42 Å². The Bertz CT molecular complexity index is 813. The van der Waals surface area contributed by atoms with Gasteiger partial charge in [0.05, 0.1) is 21.8 Å². The Morgan fingerprint density at radius 3 is 2.42 bits per heavy atom. The maximum Gasteiger partial charge on any atom is 0.257 e. The molecule has 0 aliphatic heterocycles. The number of rotatable bonds is 4. The first kappa shape index (κ1) is 18.5. The van der Waals surface area contributed by atoms with Gasteiger partial charge < -0.3 is 10.6 Å². The molecule has 5 heteroatoms. The van der Waals surface area contributed by atoms with E-state index < -0.39 is 0 Å². The van der Waals surface area contributed by atoms with Crippen LogP contribution in [0, 0.1) is 6.92 Å². The van der Waals surface area contributed by atoms with Crippen molar-refractivity contribution in [2.24, 2.45) is 0 Å². The molecule has 1 fully saturated rings. The van der Waals surface area contributed by atoms with Crippen molar-refractivity contribution in [3.05, 3.63) is 64.2 Å². The fourth-order valence-corrected chi connectivity index (χ4v) is 3.62. The molecule has 26 heavy (non-hydrogen) atoms. The lowest BCUT2D eigenvalue weighted by atomic mass is 9.95. The first-order valence-corrected chi connectivity index (χ1v) is 9.40. The summed E-state index contributed by atoms with van der Waals surface area (Å²) in [5.41, 5.74) is 2.33. The molecule has 1 saturated carbocycles. The normalized spacial score (nSPS) is 14.7. The number of carbonyl (C=O) groups excluding carboxylic acids is 2. The molecular formula is C21H23ClN2O2. The van der Waals surface area contributed by atoms with Crippen molar-refractivity contribution >= 4 is 29.1 Å². The predicted molar refractivity (Wildman–Crippen MR) is 105 cm³/mol. The van der Waals surface area contributed by atoms with E-state index in [1.807, 2.05) is 13.0 Å². The number of benzene rings is 2. The Labute approximate surface area is 158 Å². The largest absolute Gasteiger partial charge is 0.349 e. The quantitative estimate of drug-likeness (QED) is 0.798. The Morgan fingerprint density at radius 1 is 0.962 bits per heavy atom. The second-order valence-electron chi connectivity index (χ2n) is 6.79. The highest BCUT2D eigenvalue weighted by molar-refractivity contribution is 6.34. The van der Waals surface area contributed by atoms with Crippen LogP contribution in [0.1, 0.15) is 58.4 Å². The van der Waals surface area contributed by atoms with E-state index in [1.54, 1.807) is 36.4 Å². The van der Waals surface area contributed by atoms with E-state index in [0.29, 0.717) is 21.8 Å². The van der Waals surface area contributed by atoms with Crippen molar-refractivity contribution < 1.29 is 9.59 Å². The first-order valence-electron chi connectivity index (χ1n) is 9.02. The molecule has 136 valence electrons. The van der Waals surface area contributed by atoms with E-state index in [9.17, 15) is 9.59 Å². The number of hydrogen-bond acceptors (Lipinski definition) is 2. The number of para-hydroxylation sites is 1. The van der Waals surface area contributed by atoms with Crippen LogP contribution in [0.25, 0.3) is 0 Å². The van der Waals surface area contributed by atoms with E-state index >= 15 is 0 Å². The van der Waals surface area contributed by atoms with Gasteiger partial charge in [-0.1, -0.05) is 49.1 Å². The zero-order valence-corrected chi connectivity index (χ0v) is 15.6. The van der Waals surface area contributed by atoms with Crippen molar-refractivity contribution in [1.82, 2.24) is 5.32 Å². The molecule has 0 spiro atoms. The van der Waals surface area contributed by atoms with Crippen LogP contribution in [0.4, 0.5) is 5.69 Å². The standard InChI is InChI=1S/C21H23ClN2O2/c1-14-11-12-16(18(22)13-14)20(25)24-19-10-6-5-9-17(19)21(26)23-15-7-3-2-4-8-15/h5-6,9-13,15H,2-4,7-8H2,1H3,(H,23,26)(H,24,25). The molecule has 0 atom stereocenters. The molecule has 0 saturated heterocycles. The SMILES string of the molecule is Cc1ccc(C(=O)Nc2ccccc2C(=O)NC2CCCCC2)c(Cl)c1. The Hall–Kier alpha value is -2.33. The molecule has 2 aromatic rings. The van der Waals surface area contributed by atoms with Gasteiger partial charge in [0.2, 0.25) is 0 Å². The molecule has 0 heterocycles. The van der Waals surface area contributed by atoms with Crippen LogP contribution in [0.5, 0.6) is 0 Å². The summed E-state index contributed by atoms with van der Waals surface area (Å²) in [6, 6.07) is 12.5. The maximum atomic E-state index is 12.7. The van der Waals surface area contributed by atoms with Gasteiger partial charge >= 0.3 is 0 Å². The summed E-state index contributed by atoms with van der Waals surface area (Å²) in [4.78, 5) is 25.3. The molecule has 2 N–H and O–H groups in total. The van der Waals surface area contributed by atoms with Crippen LogP contribution < -0.4 is 10.6 Å². The number of hydrogen-bond donors (Lipinski definition) is 2. The Balaban J connectivity index is 1.76. The number of anilines is 1. The molecule has 0 unspecified atom stereocenters. The highest BCUT2D eigenvalue weighted by Gasteiger charge is 2.20. The molecule has 1 aliphatic carbocycles. The van der Waals surface area contributed by atoms with E-state index in [4.69, 9.17) is 11.6 Å². The first-order chi connectivity index (χ1) is 12.5. The van der Waals surface area contributed by atoms with Gasteiger partial charge in [-0.05, 0) is 49.6 Å². The van der Waals surface area contributed by atoms with Crippen LogP contribution in [-0.2, 0) is 0 Å². The number of nitrogens with one attached hydrogen (secondary N) is 2. The summed E-state index contributed by atoms with van der Waals surface area (Å²) in [6.07, 6.45) is 5.55. The van der Waals surface area contributed by atoms with E-state index in [2.05, 4.69) is 10.6 Å². The molecule has 2 amide bonds. The third-order valence-corrected chi connectivity index (χ3v) is 5.04. The summed E-state index contributed by atoms with van der Waals surface area (Å²) in [5.74, 6) is -0.476.